The molecule has 0 aliphatic rings. The van der Waals surface area contributed by atoms with Gasteiger partial charge in [0.15, 0.2) is 11.6 Å². The Balaban J connectivity index is 2.50. The molecule has 0 aliphatic carbocycles. The predicted octanol–water partition coefficient (Wildman–Crippen LogP) is 2.39. The van der Waals surface area contributed by atoms with Crippen molar-refractivity contribution in [1.29, 1.82) is 0 Å². The summed E-state index contributed by atoms with van der Waals surface area (Å²) in [5.74, 6) is 1.22. The third-order valence-electron chi connectivity index (χ3n) is 2.28. The Hall–Kier alpha value is -0.910. The zero-order valence-corrected chi connectivity index (χ0v) is 10.8. The second-order valence-electron chi connectivity index (χ2n) is 3.29. The van der Waals surface area contributed by atoms with Crippen molar-refractivity contribution in [3.8, 4) is 11.4 Å². The summed E-state index contributed by atoms with van der Waals surface area (Å²) in [5.41, 5.74) is 0.894. The van der Waals surface area contributed by atoms with Crippen LogP contribution in [0.25, 0.3) is 11.4 Å². The van der Waals surface area contributed by atoms with Crippen LogP contribution in [0.2, 0.25) is 5.02 Å². The Kier molecular flexibility index (Phi) is 3.28. The monoisotopic (exact) mass is 301 g/mol. The normalized spacial score (nSPS) is 10.8. The van der Waals surface area contributed by atoms with E-state index in [1.807, 2.05) is 19.2 Å². The lowest BCUT2D eigenvalue weighted by molar-refractivity contribution is 0.267. The molecular formula is C10H9BrClN3O. The minimum absolute atomic E-state index is 0.127. The largest absolute Gasteiger partial charge is 0.388 e. The standard InChI is InChI=1S/C10H9BrClN3O/c1-15-9(5-16)13-14-10(15)6-2-3-8(12)7(11)4-6/h2-4,16H,5H2,1H3. The number of hydrogen-bond acceptors (Lipinski definition) is 3. The maximum atomic E-state index is 9.02. The lowest BCUT2D eigenvalue weighted by Gasteiger charge is -2.03. The summed E-state index contributed by atoms with van der Waals surface area (Å²) < 4.78 is 2.55. The molecule has 2 rings (SSSR count). The van der Waals surface area contributed by atoms with Gasteiger partial charge in [0.2, 0.25) is 0 Å². The van der Waals surface area contributed by atoms with Crippen molar-refractivity contribution in [2.45, 2.75) is 6.61 Å². The first kappa shape index (κ1) is 11.6. The Labute approximate surface area is 106 Å². The molecule has 0 saturated carbocycles. The van der Waals surface area contributed by atoms with E-state index in [9.17, 15) is 0 Å². The van der Waals surface area contributed by atoms with Crippen LogP contribution in [0.5, 0.6) is 0 Å². The van der Waals surface area contributed by atoms with Gasteiger partial charge in [-0.25, -0.2) is 0 Å². The lowest BCUT2D eigenvalue weighted by Crippen LogP contribution is -1.99. The molecule has 16 heavy (non-hydrogen) atoms. The van der Waals surface area contributed by atoms with Crippen molar-refractivity contribution >= 4 is 27.5 Å². The minimum Gasteiger partial charge on any atom is -0.388 e. The van der Waals surface area contributed by atoms with Crippen LogP contribution in [0.3, 0.4) is 0 Å². The molecule has 0 saturated heterocycles. The van der Waals surface area contributed by atoms with Gasteiger partial charge in [-0.3, -0.25) is 0 Å². The number of nitrogens with zero attached hydrogens (tertiary/aromatic N) is 3. The predicted molar refractivity (Wildman–Crippen MR) is 65.1 cm³/mol. The second kappa shape index (κ2) is 4.53. The van der Waals surface area contributed by atoms with E-state index in [-0.39, 0.29) is 6.61 Å². The Bertz CT molecular complexity index is 527. The third kappa shape index (κ3) is 1.98. The van der Waals surface area contributed by atoms with E-state index in [2.05, 4.69) is 26.1 Å². The smallest absolute Gasteiger partial charge is 0.163 e. The van der Waals surface area contributed by atoms with Crippen LogP contribution in [0.15, 0.2) is 22.7 Å². The lowest BCUT2D eigenvalue weighted by atomic mass is 10.2. The maximum absolute atomic E-state index is 9.02. The van der Waals surface area contributed by atoms with E-state index in [4.69, 9.17) is 16.7 Å². The van der Waals surface area contributed by atoms with Crippen LogP contribution in [-0.4, -0.2) is 19.9 Å². The van der Waals surface area contributed by atoms with Crippen LogP contribution in [0, 0.1) is 0 Å². The highest BCUT2D eigenvalue weighted by atomic mass is 79.9. The summed E-state index contributed by atoms with van der Waals surface area (Å²) in [4.78, 5) is 0. The highest BCUT2D eigenvalue weighted by Crippen LogP contribution is 2.27. The van der Waals surface area contributed by atoms with Crippen molar-refractivity contribution < 1.29 is 5.11 Å². The quantitative estimate of drug-likeness (QED) is 0.927. The van der Waals surface area contributed by atoms with Crippen molar-refractivity contribution in [2.24, 2.45) is 7.05 Å². The van der Waals surface area contributed by atoms with E-state index in [1.165, 1.54) is 0 Å². The molecule has 0 spiro atoms. The molecule has 1 aromatic carbocycles. The first-order valence-electron chi connectivity index (χ1n) is 4.58. The number of aliphatic hydroxyl groups is 1. The summed E-state index contributed by atoms with van der Waals surface area (Å²) in [6.07, 6.45) is 0. The highest BCUT2D eigenvalue weighted by molar-refractivity contribution is 9.10. The molecule has 0 amide bonds. The summed E-state index contributed by atoms with van der Waals surface area (Å²) in [6.45, 7) is -0.127. The zero-order valence-electron chi connectivity index (χ0n) is 8.48. The summed E-state index contributed by atoms with van der Waals surface area (Å²) in [7, 11) is 1.81. The number of aromatic nitrogens is 3. The maximum Gasteiger partial charge on any atom is 0.163 e. The molecule has 6 heteroatoms. The van der Waals surface area contributed by atoms with Crippen LogP contribution in [-0.2, 0) is 13.7 Å². The summed E-state index contributed by atoms with van der Waals surface area (Å²) in [5, 5.41) is 17.6. The number of hydrogen-bond donors (Lipinski definition) is 1. The van der Waals surface area contributed by atoms with Gasteiger partial charge in [0, 0.05) is 17.1 Å². The van der Waals surface area contributed by atoms with Crippen molar-refractivity contribution in [1.82, 2.24) is 14.8 Å². The molecule has 84 valence electrons. The molecule has 0 radical (unpaired) electrons. The molecule has 0 unspecified atom stereocenters. The van der Waals surface area contributed by atoms with Crippen molar-refractivity contribution in [3.63, 3.8) is 0 Å². The fourth-order valence-corrected chi connectivity index (χ4v) is 1.88. The first-order valence-corrected chi connectivity index (χ1v) is 5.75. The van der Waals surface area contributed by atoms with Gasteiger partial charge in [-0.2, -0.15) is 0 Å². The van der Waals surface area contributed by atoms with Gasteiger partial charge in [0.25, 0.3) is 0 Å². The molecule has 0 bridgehead atoms. The number of aliphatic hydroxyl groups excluding tert-OH is 1. The highest BCUT2D eigenvalue weighted by Gasteiger charge is 2.10. The van der Waals surface area contributed by atoms with Gasteiger partial charge < -0.3 is 9.67 Å². The van der Waals surface area contributed by atoms with Gasteiger partial charge in [0.1, 0.15) is 6.61 Å². The molecule has 4 nitrogen and oxygen atoms in total. The van der Waals surface area contributed by atoms with E-state index in [0.717, 1.165) is 10.0 Å². The average molecular weight is 303 g/mol. The summed E-state index contributed by atoms with van der Waals surface area (Å²) >= 11 is 9.26. The van der Waals surface area contributed by atoms with Crippen LogP contribution in [0.1, 0.15) is 5.82 Å². The molecular weight excluding hydrogens is 293 g/mol. The fraction of sp³-hybridized carbons (Fsp3) is 0.200. The van der Waals surface area contributed by atoms with Gasteiger partial charge in [-0.05, 0) is 34.1 Å². The average Bonchev–Trinajstić information content (AvgIpc) is 2.64. The van der Waals surface area contributed by atoms with Crippen LogP contribution < -0.4 is 0 Å². The van der Waals surface area contributed by atoms with E-state index < -0.39 is 0 Å². The van der Waals surface area contributed by atoms with E-state index >= 15 is 0 Å². The number of rotatable bonds is 2. The van der Waals surface area contributed by atoms with Crippen LogP contribution >= 0.6 is 27.5 Å². The molecule has 0 atom stereocenters. The van der Waals surface area contributed by atoms with Crippen molar-refractivity contribution in [2.75, 3.05) is 0 Å². The van der Waals surface area contributed by atoms with Crippen LogP contribution in [0.4, 0.5) is 0 Å². The topological polar surface area (TPSA) is 50.9 Å². The molecule has 1 aromatic heterocycles. The van der Waals surface area contributed by atoms with Gasteiger partial charge in [0.05, 0.1) is 5.02 Å². The Morgan fingerprint density at radius 3 is 2.75 bits per heavy atom. The Morgan fingerprint density at radius 1 is 1.44 bits per heavy atom. The molecule has 0 fully saturated rings. The molecule has 1 N–H and O–H groups in total. The fourth-order valence-electron chi connectivity index (χ4n) is 1.39. The number of halogens is 2. The molecule has 1 heterocycles. The molecule has 0 aliphatic heterocycles. The molecule has 2 aromatic rings. The summed E-state index contributed by atoms with van der Waals surface area (Å²) in [6, 6.07) is 5.51. The van der Waals surface area contributed by atoms with Gasteiger partial charge >= 0.3 is 0 Å². The number of benzene rings is 1. The Morgan fingerprint density at radius 2 is 2.19 bits per heavy atom. The van der Waals surface area contributed by atoms with E-state index in [1.54, 1.807) is 10.6 Å². The second-order valence-corrected chi connectivity index (χ2v) is 4.55. The van der Waals surface area contributed by atoms with E-state index in [0.29, 0.717) is 16.7 Å². The third-order valence-corrected chi connectivity index (χ3v) is 3.50. The van der Waals surface area contributed by atoms with Gasteiger partial charge in [-0.15, -0.1) is 10.2 Å². The minimum atomic E-state index is -0.127. The zero-order chi connectivity index (χ0) is 11.7. The SMILES string of the molecule is Cn1c(CO)nnc1-c1ccc(Cl)c(Br)c1. The van der Waals surface area contributed by atoms with Crippen molar-refractivity contribution in [3.05, 3.63) is 33.5 Å². The first-order chi connectivity index (χ1) is 7.63. The van der Waals surface area contributed by atoms with Gasteiger partial charge in [-0.1, -0.05) is 11.6 Å².